The van der Waals surface area contributed by atoms with Gasteiger partial charge in [0.05, 0.1) is 18.8 Å². The van der Waals surface area contributed by atoms with Crippen LogP contribution in [0.1, 0.15) is 64.7 Å². The number of oxime groups is 1. The Balaban J connectivity index is 1.28. The number of carbonyl (C=O) groups excluding carboxylic acids is 1. The van der Waals surface area contributed by atoms with Gasteiger partial charge in [-0.25, -0.2) is 19.0 Å². The van der Waals surface area contributed by atoms with Crippen molar-refractivity contribution in [1.29, 1.82) is 0 Å². The zero-order valence-corrected chi connectivity index (χ0v) is 19.2. The van der Waals surface area contributed by atoms with Crippen molar-refractivity contribution in [1.82, 2.24) is 25.1 Å². The van der Waals surface area contributed by atoms with Crippen LogP contribution < -0.4 is 15.6 Å². The fourth-order valence-corrected chi connectivity index (χ4v) is 3.80. The summed E-state index contributed by atoms with van der Waals surface area (Å²) in [6.07, 6.45) is 1.84. The van der Waals surface area contributed by atoms with Gasteiger partial charge in [-0.1, -0.05) is 11.2 Å². The number of aryl methyl sites for hydroxylation is 1. The first-order valence-corrected chi connectivity index (χ1v) is 11.2. The van der Waals surface area contributed by atoms with Gasteiger partial charge >= 0.3 is 0 Å². The molecular formula is C24H23FN6O4. The number of nitrogens with one attached hydrogen (secondary N) is 1. The van der Waals surface area contributed by atoms with Crippen molar-refractivity contribution in [2.24, 2.45) is 5.16 Å². The molecule has 1 N–H and O–H groups in total. The number of ether oxygens (including phenoxy) is 1. The molecule has 180 valence electrons. The van der Waals surface area contributed by atoms with Crippen molar-refractivity contribution in [3.8, 4) is 5.75 Å². The first-order valence-electron chi connectivity index (χ1n) is 11.2. The van der Waals surface area contributed by atoms with Crippen LogP contribution in [0.3, 0.4) is 0 Å². The lowest BCUT2D eigenvalue weighted by Crippen LogP contribution is -2.25. The molecule has 35 heavy (non-hydrogen) atoms. The number of hydrogen-bond acceptors (Lipinski definition) is 8. The number of carbonyl (C=O) groups is 1. The Hall–Kier alpha value is -4.15. The molecular weight excluding hydrogens is 455 g/mol. The Labute approximate surface area is 199 Å². The van der Waals surface area contributed by atoms with Gasteiger partial charge in [-0.3, -0.25) is 9.59 Å². The molecule has 1 unspecified atom stereocenters. The molecule has 1 fully saturated rings. The Bertz CT molecular complexity index is 1380. The van der Waals surface area contributed by atoms with E-state index in [9.17, 15) is 14.0 Å². The van der Waals surface area contributed by atoms with Crippen LogP contribution in [-0.2, 0) is 11.4 Å². The Morgan fingerprint density at radius 2 is 2.06 bits per heavy atom. The summed E-state index contributed by atoms with van der Waals surface area (Å²) < 4.78 is 20.1. The zero-order chi connectivity index (χ0) is 24.5. The average Bonchev–Trinajstić information content (AvgIpc) is 3.58. The molecule has 1 aromatic carbocycles. The van der Waals surface area contributed by atoms with Gasteiger partial charge in [0, 0.05) is 19.0 Å². The van der Waals surface area contributed by atoms with Gasteiger partial charge < -0.3 is 14.9 Å². The molecule has 1 atom stereocenters. The molecule has 2 aromatic heterocycles. The molecule has 1 amide bonds. The quantitative estimate of drug-likeness (QED) is 0.554. The summed E-state index contributed by atoms with van der Waals surface area (Å²) in [5.74, 6) is -0.372. The van der Waals surface area contributed by atoms with E-state index in [0.717, 1.165) is 12.8 Å². The Morgan fingerprint density at radius 1 is 1.23 bits per heavy atom. The van der Waals surface area contributed by atoms with Crippen molar-refractivity contribution in [2.75, 3.05) is 7.11 Å². The number of nitrogens with zero attached hydrogens (tertiary/aromatic N) is 5. The predicted octanol–water partition coefficient (Wildman–Crippen LogP) is 2.62. The maximum absolute atomic E-state index is 13.6. The number of aromatic nitrogens is 4. The van der Waals surface area contributed by atoms with Gasteiger partial charge in [0.25, 0.3) is 11.5 Å². The third kappa shape index (κ3) is 4.88. The summed E-state index contributed by atoms with van der Waals surface area (Å²) in [5.41, 5.74) is 2.38. The van der Waals surface area contributed by atoms with Crippen molar-refractivity contribution in [3.63, 3.8) is 0 Å². The second kappa shape index (κ2) is 9.24. The lowest BCUT2D eigenvalue weighted by molar-refractivity contribution is 0.0809. The van der Waals surface area contributed by atoms with Crippen LogP contribution in [0.4, 0.5) is 4.39 Å². The normalized spacial score (nSPS) is 17.0. The molecule has 0 radical (unpaired) electrons. The maximum atomic E-state index is 13.6. The Morgan fingerprint density at radius 3 is 2.83 bits per heavy atom. The van der Waals surface area contributed by atoms with E-state index < -0.39 is 17.8 Å². The number of hydrogen-bond donors (Lipinski definition) is 1. The minimum atomic E-state index is -0.474. The highest BCUT2D eigenvalue weighted by Crippen LogP contribution is 2.34. The number of halogens is 1. The molecule has 11 heteroatoms. The molecule has 10 nitrogen and oxygen atoms in total. The second-order valence-electron chi connectivity index (χ2n) is 8.45. The number of benzene rings is 1. The van der Waals surface area contributed by atoms with Crippen molar-refractivity contribution < 1.29 is 18.8 Å². The predicted molar refractivity (Wildman–Crippen MR) is 123 cm³/mol. The van der Waals surface area contributed by atoms with Crippen LogP contribution >= 0.6 is 0 Å². The average molecular weight is 478 g/mol. The van der Waals surface area contributed by atoms with Crippen LogP contribution in [0.5, 0.6) is 5.75 Å². The highest BCUT2D eigenvalue weighted by atomic mass is 19.1. The van der Waals surface area contributed by atoms with E-state index in [2.05, 4.69) is 25.5 Å². The van der Waals surface area contributed by atoms with E-state index in [4.69, 9.17) is 9.57 Å². The summed E-state index contributed by atoms with van der Waals surface area (Å²) >= 11 is 0. The van der Waals surface area contributed by atoms with E-state index in [1.807, 2.05) is 0 Å². The molecule has 3 aromatic rings. The molecule has 1 aliphatic carbocycles. The van der Waals surface area contributed by atoms with Gasteiger partial charge in [-0.2, -0.15) is 5.10 Å². The van der Waals surface area contributed by atoms with Gasteiger partial charge in [-0.05, 0) is 49.6 Å². The lowest BCUT2D eigenvalue weighted by atomic mass is 10.1. The Kier molecular flexibility index (Phi) is 5.98. The van der Waals surface area contributed by atoms with E-state index in [1.165, 1.54) is 30.0 Å². The van der Waals surface area contributed by atoms with Crippen molar-refractivity contribution >= 4 is 11.6 Å². The first kappa shape index (κ1) is 22.6. The minimum Gasteiger partial charge on any atom is -0.494 e. The topological polar surface area (TPSA) is 121 Å². The summed E-state index contributed by atoms with van der Waals surface area (Å²) in [4.78, 5) is 39.0. The molecule has 5 rings (SSSR count). The molecule has 2 aliphatic rings. The fourth-order valence-electron chi connectivity index (χ4n) is 3.80. The number of methoxy groups -OCH3 is 1. The monoisotopic (exact) mass is 478 g/mol. The van der Waals surface area contributed by atoms with Crippen LogP contribution in [0.25, 0.3) is 0 Å². The third-order valence-corrected chi connectivity index (χ3v) is 5.77. The molecule has 0 spiro atoms. The van der Waals surface area contributed by atoms with Crippen LogP contribution in [-0.4, -0.2) is 38.5 Å². The molecule has 0 saturated heterocycles. The second-order valence-corrected chi connectivity index (χ2v) is 8.45. The molecule has 1 aliphatic heterocycles. The highest BCUT2D eigenvalue weighted by Gasteiger charge is 2.30. The lowest BCUT2D eigenvalue weighted by Gasteiger charge is -2.10. The summed E-state index contributed by atoms with van der Waals surface area (Å²) in [5, 5.41) is 11.4. The fraction of sp³-hybridized carbons (Fsp3) is 0.333. The SMILES string of the molecule is COc1cc(CNC(=O)c2cc(C3=NOC(c4ccc(=O)n(C5CC5)n4)C3)nc(C)n2)ccc1F. The molecule has 1 saturated carbocycles. The van der Waals surface area contributed by atoms with E-state index in [1.54, 1.807) is 25.1 Å². The van der Waals surface area contributed by atoms with Gasteiger partial charge in [-0.15, -0.1) is 0 Å². The summed E-state index contributed by atoms with van der Waals surface area (Å²) in [6.45, 7) is 1.86. The largest absolute Gasteiger partial charge is 0.494 e. The minimum absolute atomic E-state index is 0.104. The smallest absolute Gasteiger partial charge is 0.270 e. The number of rotatable bonds is 7. The number of amides is 1. The van der Waals surface area contributed by atoms with E-state index in [-0.39, 0.29) is 29.6 Å². The van der Waals surface area contributed by atoms with E-state index >= 15 is 0 Å². The zero-order valence-electron chi connectivity index (χ0n) is 19.2. The maximum Gasteiger partial charge on any atom is 0.270 e. The van der Waals surface area contributed by atoms with E-state index in [0.29, 0.717) is 34.9 Å². The van der Waals surface area contributed by atoms with Crippen LogP contribution in [0.2, 0.25) is 0 Å². The van der Waals surface area contributed by atoms with Crippen molar-refractivity contribution in [3.05, 3.63) is 81.0 Å². The van der Waals surface area contributed by atoms with Gasteiger partial charge in [0.15, 0.2) is 17.7 Å². The summed E-state index contributed by atoms with van der Waals surface area (Å²) in [7, 11) is 1.38. The van der Waals surface area contributed by atoms with Gasteiger partial charge in [0.2, 0.25) is 0 Å². The third-order valence-electron chi connectivity index (χ3n) is 5.77. The van der Waals surface area contributed by atoms with Gasteiger partial charge in [0.1, 0.15) is 22.9 Å². The highest BCUT2D eigenvalue weighted by molar-refractivity contribution is 6.02. The van der Waals surface area contributed by atoms with Crippen molar-refractivity contribution in [2.45, 2.75) is 44.9 Å². The van der Waals surface area contributed by atoms with Crippen LogP contribution in [0, 0.1) is 12.7 Å². The standard InChI is InChI=1S/C24H23FN6O4/c1-13-27-18(10-20(28-13)24(33)26-12-14-3-6-16(25)21(9-14)34-2)19-11-22(35-30-19)17-7-8-23(32)31(29-17)15-4-5-15/h3,6-10,15,22H,4-5,11-12H2,1-2H3,(H,26,33). The summed E-state index contributed by atoms with van der Waals surface area (Å²) in [6, 6.07) is 9.24. The first-order chi connectivity index (χ1) is 16.9. The molecule has 3 heterocycles. The van der Waals surface area contributed by atoms with Crippen LogP contribution in [0.15, 0.2) is 46.3 Å². The molecule has 0 bridgehead atoms.